The van der Waals surface area contributed by atoms with Crippen LogP contribution >= 0.6 is 11.6 Å². The third-order valence-corrected chi connectivity index (χ3v) is 3.22. The zero-order valence-corrected chi connectivity index (χ0v) is 12.7. The van der Waals surface area contributed by atoms with Crippen molar-refractivity contribution in [1.82, 2.24) is 0 Å². The molecular formula is C17H15ClO4. The molecule has 0 aliphatic rings. The number of benzene rings is 2. The number of rotatable bonds is 6. The lowest BCUT2D eigenvalue weighted by Crippen LogP contribution is -2.26. The molecule has 0 N–H and O–H groups in total. The van der Waals surface area contributed by atoms with E-state index in [1.54, 1.807) is 31.2 Å². The van der Waals surface area contributed by atoms with Crippen LogP contribution in [0.5, 0.6) is 11.5 Å². The highest BCUT2D eigenvalue weighted by molar-refractivity contribution is 6.43. The maximum absolute atomic E-state index is 12.1. The Morgan fingerprint density at radius 1 is 1.00 bits per heavy atom. The molecule has 114 valence electrons. The smallest absolute Gasteiger partial charge is 0.332 e. The summed E-state index contributed by atoms with van der Waals surface area (Å²) in [5.41, 5.74) is 0.327. The van der Waals surface area contributed by atoms with Gasteiger partial charge in [0.25, 0.3) is 0 Å². The van der Waals surface area contributed by atoms with Crippen molar-refractivity contribution >= 4 is 23.4 Å². The number of halogens is 1. The van der Waals surface area contributed by atoms with Gasteiger partial charge in [-0.3, -0.25) is 4.79 Å². The summed E-state index contributed by atoms with van der Waals surface area (Å²) in [4.78, 5) is 23.5. The van der Waals surface area contributed by atoms with Crippen LogP contribution in [0.1, 0.15) is 17.3 Å². The van der Waals surface area contributed by atoms with Crippen LogP contribution in [-0.4, -0.2) is 23.7 Å². The largest absolute Gasteiger partial charge is 0.465 e. The molecule has 0 bridgehead atoms. The molecule has 1 unspecified atom stereocenters. The highest BCUT2D eigenvalue weighted by atomic mass is 35.5. The van der Waals surface area contributed by atoms with Crippen LogP contribution in [0.3, 0.4) is 0 Å². The Morgan fingerprint density at radius 2 is 1.59 bits per heavy atom. The fraction of sp³-hybridized carbons (Fsp3) is 0.176. The standard InChI is InChI=1S/C17H15ClO4/c1-2-21-17(20)15(18)16(19)12-8-10-14(11-9-12)22-13-6-4-3-5-7-13/h3-11,15H,2H2,1H3. The quantitative estimate of drug-likeness (QED) is 0.351. The number of ketones is 1. The van der Waals surface area contributed by atoms with Gasteiger partial charge in [0.15, 0.2) is 11.2 Å². The fourth-order valence-electron chi connectivity index (χ4n) is 1.78. The van der Waals surface area contributed by atoms with Crippen LogP contribution in [0.4, 0.5) is 0 Å². The van der Waals surface area contributed by atoms with Crippen molar-refractivity contribution in [2.24, 2.45) is 0 Å². The predicted molar refractivity (Wildman–Crippen MR) is 83.6 cm³/mol. The maximum atomic E-state index is 12.1. The lowest BCUT2D eigenvalue weighted by Gasteiger charge is -2.09. The Kier molecular flexibility index (Phi) is 5.55. The van der Waals surface area contributed by atoms with Crippen LogP contribution in [-0.2, 0) is 9.53 Å². The first kappa shape index (κ1) is 16.0. The maximum Gasteiger partial charge on any atom is 0.332 e. The second-order valence-corrected chi connectivity index (χ2v) is 4.85. The van der Waals surface area contributed by atoms with Gasteiger partial charge < -0.3 is 9.47 Å². The highest BCUT2D eigenvalue weighted by Crippen LogP contribution is 2.22. The van der Waals surface area contributed by atoms with Gasteiger partial charge >= 0.3 is 5.97 Å². The molecule has 1 atom stereocenters. The van der Waals surface area contributed by atoms with Gasteiger partial charge in [0.1, 0.15) is 11.5 Å². The van der Waals surface area contributed by atoms with Crippen molar-refractivity contribution in [2.75, 3.05) is 6.61 Å². The van der Waals surface area contributed by atoms with Crippen LogP contribution in [0.2, 0.25) is 0 Å². The minimum absolute atomic E-state index is 0.180. The first-order valence-electron chi connectivity index (χ1n) is 6.79. The minimum Gasteiger partial charge on any atom is -0.465 e. The van der Waals surface area contributed by atoms with E-state index < -0.39 is 17.1 Å². The molecule has 22 heavy (non-hydrogen) atoms. The van der Waals surface area contributed by atoms with Crippen LogP contribution in [0.25, 0.3) is 0 Å². The summed E-state index contributed by atoms with van der Waals surface area (Å²) < 4.78 is 10.4. The molecule has 0 spiro atoms. The number of para-hydroxylation sites is 1. The number of carbonyl (C=O) groups excluding carboxylic acids is 2. The Labute approximate surface area is 133 Å². The third kappa shape index (κ3) is 4.09. The predicted octanol–water partition coefficient (Wildman–Crippen LogP) is 3.83. The molecule has 2 aromatic rings. The molecule has 5 heteroatoms. The summed E-state index contributed by atoms with van der Waals surface area (Å²) in [5, 5.41) is -1.33. The van der Waals surface area contributed by atoms with Gasteiger partial charge in [-0.2, -0.15) is 0 Å². The number of alkyl halides is 1. The second-order valence-electron chi connectivity index (χ2n) is 4.42. The minimum atomic E-state index is -1.33. The average Bonchev–Trinajstić information content (AvgIpc) is 2.55. The highest BCUT2D eigenvalue weighted by Gasteiger charge is 2.26. The topological polar surface area (TPSA) is 52.6 Å². The van der Waals surface area contributed by atoms with Gasteiger partial charge in [-0.25, -0.2) is 4.79 Å². The number of Topliss-reactive ketones (excluding diaryl/α,β-unsaturated/α-hetero) is 1. The molecule has 0 radical (unpaired) electrons. The molecule has 4 nitrogen and oxygen atoms in total. The Balaban J connectivity index is 2.05. The number of ether oxygens (including phenoxy) is 2. The number of esters is 1. The van der Waals surface area contributed by atoms with Gasteiger partial charge in [-0.1, -0.05) is 18.2 Å². The number of hydrogen-bond acceptors (Lipinski definition) is 4. The first-order chi connectivity index (χ1) is 10.6. The van der Waals surface area contributed by atoms with E-state index in [1.165, 1.54) is 0 Å². The molecule has 0 fully saturated rings. The zero-order valence-electron chi connectivity index (χ0n) is 12.0. The molecule has 0 aliphatic heterocycles. The molecule has 0 saturated heterocycles. The molecule has 0 saturated carbocycles. The third-order valence-electron chi connectivity index (χ3n) is 2.84. The van der Waals surface area contributed by atoms with Crippen molar-refractivity contribution in [1.29, 1.82) is 0 Å². The lowest BCUT2D eigenvalue weighted by atomic mass is 10.1. The molecule has 0 aromatic heterocycles. The monoisotopic (exact) mass is 318 g/mol. The van der Waals surface area contributed by atoms with Gasteiger partial charge in [0.05, 0.1) is 6.61 Å². The van der Waals surface area contributed by atoms with Crippen LogP contribution < -0.4 is 4.74 Å². The van der Waals surface area contributed by atoms with Crippen molar-refractivity contribution in [3.8, 4) is 11.5 Å². The summed E-state index contributed by atoms with van der Waals surface area (Å²) in [6, 6.07) is 15.7. The Morgan fingerprint density at radius 3 is 2.18 bits per heavy atom. The van der Waals surface area contributed by atoms with Crippen molar-refractivity contribution in [3.05, 3.63) is 60.2 Å². The van der Waals surface area contributed by atoms with Gasteiger partial charge in [0, 0.05) is 5.56 Å². The van der Waals surface area contributed by atoms with Crippen LogP contribution in [0, 0.1) is 0 Å². The van der Waals surface area contributed by atoms with Crippen molar-refractivity contribution in [3.63, 3.8) is 0 Å². The molecular weight excluding hydrogens is 304 g/mol. The van der Waals surface area contributed by atoms with E-state index in [4.69, 9.17) is 21.1 Å². The summed E-state index contributed by atoms with van der Waals surface area (Å²) in [6.07, 6.45) is 0. The van der Waals surface area contributed by atoms with Crippen molar-refractivity contribution in [2.45, 2.75) is 12.3 Å². The van der Waals surface area contributed by atoms with E-state index in [0.717, 1.165) is 0 Å². The second kappa shape index (κ2) is 7.61. The fourth-order valence-corrected chi connectivity index (χ4v) is 1.97. The van der Waals surface area contributed by atoms with Crippen LogP contribution in [0.15, 0.2) is 54.6 Å². The number of hydrogen-bond donors (Lipinski definition) is 0. The normalized spacial score (nSPS) is 11.5. The lowest BCUT2D eigenvalue weighted by molar-refractivity contribution is -0.141. The molecule has 2 aromatic carbocycles. The molecule has 0 amide bonds. The summed E-state index contributed by atoms with van der Waals surface area (Å²) in [7, 11) is 0. The SMILES string of the molecule is CCOC(=O)C(Cl)C(=O)c1ccc(Oc2ccccc2)cc1. The van der Waals surface area contributed by atoms with E-state index in [9.17, 15) is 9.59 Å². The molecule has 0 aliphatic carbocycles. The van der Waals surface area contributed by atoms with E-state index in [0.29, 0.717) is 17.1 Å². The summed E-state index contributed by atoms with van der Waals surface area (Å²) >= 11 is 5.81. The van der Waals surface area contributed by atoms with Gasteiger partial charge in [-0.05, 0) is 43.3 Å². The zero-order chi connectivity index (χ0) is 15.9. The average molecular weight is 319 g/mol. The van der Waals surface area contributed by atoms with Crippen molar-refractivity contribution < 1.29 is 19.1 Å². The van der Waals surface area contributed by atoms with E-state index >= 15 is 0 Å². The Hall–Kier alpha value is -2.33. The van der Waals surface area contributed by atoms with E-state index in [-0.39, 0.29) is 6.61 Å². The number of carbonyl (C=O) groups is 2. The Bertz CT molecular complexity index is 637. The van der Waals surface area contributed by atoms with E-state index in [1.807, 2.05) is 30.3 Å². The molecule has 2 rings (SSSR count). The summed E-state index contributed by atoms with van der Waals surface area (Å²) in [5.74, 6) is 0.0542. The first-order valence-corrected chi connectivity index (χ1v) is 7.23. The van der Waals surface area contributed by atoms with E-state index in [2.05, 4.69) is 0 Å². The molecule has 0 heterocycles. The summed E-state index contributed by atoms with van der Waals surface area (Å²) in [6.45, 7) is 1.83. The van der Waals surface area contributed by atoms with Gasteiger partial charge in [-0.15, -0.1) is 11.6 Å². The van der Waals surface area contributed by atoms with Gasteiger partial charge in [0.2, 0.25) is 0 Å².